The average molecular weight is 992 g/mol. The minimum absolute atomic E-state index is 0.240. The van der Waals surface area contributed by atoms with Crippen LogP contribution in [0.3, 0.4) is 0 Å². The van der Waals surface area contributed by atoms with Gasteiger partial charge >= 0.3 is 0 Å². The maximum absolute atomic E-state index is 10.7. The Hall–Kier alpha value is -10.0. The number of fused-ring (bicyclic) bond motifs is 6. The number of allylic oxidation sites excluding steroid dienone is 5. The number of thiol groups is 1. The highest BCUT2D eigenvalue weighted by molar-refractivity contribution is 7.79. The summed E-state index contributed by atoms with van der Waals surface area (Å²) in [5, 5.41) is 25.0. The van der Waals surface area contributed by atoms with E-state index >= 15 is 0 Å². The number of rotatable bonds is 10. The molecule has 1 aliphatic carbocycles. The topological polar surface area (TPSA) is 81.3 Å². The second-order valence-electron chi connectivity index (χ2n) is 18.8. The van der Waals surface area contributed by atoms with Gasteiger partial charge in [0.25, 0.3) is 0 Å². The van der Waals surface area contributed by atoms with Crippen molar-refractivity contribution in [3.8, 4) is 34.0 Å². The molecule has 0 saturated carbocycles. The number of hydrogen-bond donors (Lipinski definition) is 2. The standard InChI is InChI=1S/C69H45N5OS/c70-44-60(66(50-17-6-2-7-18-50)51-19-8-3-9-20-51)49-29-27-46(28-30-49)48-33-37-53(38-34-48)73(52-35-31-47(32-36-52)45-15-4-1-5-16-45)63-41-40-57(69(72-76)68(63)71)56-23-14-25-62-67(56)58-22-10-12-24-61(58)74(62)54-39-42-65-59(43-54)55-21-11-13-26-64(55)75-65/h1-43,71,76H/b71-68?,72-69-. The highest BCUT2D eigenvalue weighted by atomic mass is 32.1. The Morgan fingerprint density at radius 1 is 0.500 bits per heavy atom. The smallest absolute Gasteiger partial charge is 0.135 e. The summed E-state index contributed by atoms with van der Waals surface area (Å²) in [5.41, 5.74) is 18.3. The molecule has 0 saturated heterocycles. The molecule has 358 valence electrons. The minimum Gasteiger partial charge on any atom is -0.456 e. The highest BCUT2D eigenvalue weighted by Gasteiger charge is 2.29. The van der Waals surface area contributed by atoms with Crippen molar-refractivity contribution in [1.29, 1.82) is 10.7 Å². The van der Waals surface area contributed by atoms with E-state index in [0.29, 0.717) is 17.0 Å². The van der Waals surface area contributed by atoms with Crippen LogP contribution in [0.15, 0.2) is 275 Å². The molecule has 1 N–H and O–H groups in total. The van der Waals surface area contributed by atoms with Gasteiger partial charge in [0.05, 0.1) is 22.3 Å². The van der Waals surface area contributed by atoms with Crippen LogP contribution in [0, 0.1) is 16.7 Å². The Morgan fingerprint density at radius 3 is 1.67 bits per heavy atom. The summed E-state index contributed by atoms with van der Waals surface area (Å²) in [4.78, 5) is 2.12. The molecule has 2 heterocycles. The first-order chi connectivity index (χ1) is 37.5. The molecule has 6 nitrogen and oxygen atoms in total. The Morgan fingerprint density at radius 2 is 1.04 bits per heavy atom. The molecule has 10 aromatic carbocycles. The Balaban J connectivity index is 0.898. The van der Waals surface area contributed by atoms with Crippen molar-refractivity contribution < 1.29 is 4.42 Å². The number of furan rings is 1. The van der Waals surface area contributed by atoms with Gasteiger partial charge < -0.3 is 13.9 Å². The van der Waals surface area contributed by atoms with Crippen LogP contribution in [0.2, 0.25) is 0 Å². The van der Waals surface area contributed by atoms with Crippen LogP contribution in [0.1, 0.15) is 22.3 Å². The van der Waals surface area contributed by atoms with Gasteiger partial charge in [0.2, 0.25) is 0 Å². The van der Waals surface area contributed by atoms with E-state index in [0.717, 1.165) is 116 Å². The van der Waals surface area contributed by atoms with E-state index in [2.05, 4.69) is 203 Å². The molecule has 0 unspecified atom stereocenters. The molecular formula is C69H45N5OS. The molecule has 13 rings (SSSR count). The highest BCUT2D eigenvalue weighted by Crippen LogP contribution is 2.42. The lowest BCUT2D eigenvalue weighted by molar-refractivity contribution is 0.669. The number of anilines is 2. The van der Waals surface area contributed by atoms with E-state index in [-0.39, 0.29) is 5.71 Å². The summed E-state index contributed by atoms with van der Waals surface area (Å²) in [6.45, 7) is 0. The number of nitrogens with zero attached hydrogens (tertiary/aromatic N) is 4. The lowest BCUT2D eigenvalue weighted by atomic mass is 9.89. The number of para-hydroxylation sites is 2. The summed E-state index contributed by atoms with van der Waals surface area (Å²) < 4.78 is 13.1. The van der Waals surface area contributed by atoms with Gasteiger partial charge in [-0.05, 0) is 130 Å². The molecule has 0 spiro atoms. The summed E-state index contributed by atoms with van der Waals surface area (Å²) in [7, 11) is 0. The fourth-order valence-corrected chi connectivity index (χ4v) is 11.1. The molecule has 0 bridgehead atoms. The Bertz CT molecular complexity index is 4350. The predicted octanol–water partition coefficient (Wildman–Crippen LogP) is 17.9. The summed E-state index contributed by atoms with van der Waals surface area (Å²) >= 11 is 4.61. The van der Waals surface area contributed by atoms with E-state index in [9.17, 15) is 10.7 Å². The molecule has 0 aliphatic heterocycles. The van der Waals surface area contributed by atoms with Crippen molar-refractivity contribution >= 4 is 96.1 Å². The molecule has 76 heavy (non-hydrogen) atoms. The van der Waals surface area contributed by atoms with Gasteiger partial charge in [0.15, 0.2) is 0 Å². The van der Waals surface area contributed by atoms with Gasteiger partial charge in [-0.3, -0.25) is 5.41 Å². The van der Waals surface area contributed by atoms with Crippen molar-refractivity contribution in [1.82, 2.24) is 4.57 Å². The Kier molecular flexibility index (Phi) is 11.7. The predicted molar refractivity (Wildman–Crippen MR) is 319 cm³/mol. The van der Waals surface area contributed by atoms with Gasteiger partial charge in [0, 0.05) is 49.8 Å². The number of benzene rings is 10. The fourth-order valence-electron chi connectivity index (χ4n) is 10.9. The zero-order chi connectivity index (χ0) is 51.1. The molecule has 0 amide bonds. The molecule has 0 atom stereocenters. The monoisotopic (exact) mass is 991 g/mol. The molecular weight excluding hydrogens is 947 g/mol. The third-order valence-electron chi connectivity index (χ3n) is 14.5. The second kappa shape index (κ2) is 19.4. The molecule has 7 heteroatoms. The second-order valence-corrected chi connectivity index (χ2v) is 19.0. The SMILES string of the molecule is N#CC(=C(c1ccccc1)c1ccccc1)c1ccc(-c2ccc(N(C3=CC=C(c4cccc5c4c4ccccc4n5-c4ccc5oc6ccccc6c5c4)/C(=N/S)C3=N)c3ccc(-c4ccccc4)cc3)cc2)cc1. The zero-order valence-electron chi connectivity index (χ0n) is 41.0. The van der Waals surface area contributed by atoms with Crippen molar-refractivity contribution in [2.75, 3.05) is 4.90 Å². The van der Waals surface area contributed by atoms with Crippen molar-refractivity contribution in [3.05, 3.63) is 289 Å². The van der Waals surface area contributed by atoms with Crippen molar-refractivity contribution in [2.45, 2.75) is 0 Å². The van der Waals surface area contributed by atoms with Gasteiger partial charge in [-0.2, -0.15) is 5.26 Å². The molecule has 0 radical (unpaired) electrons. The molecule has 2 aromatic heterocycles. The van der Waals surface area contributed by atoms with Crippen molar-refractivity contribution in [3.63, 3.8) is 0 Å². The van der Waals surface area contributed by atoms with Gasteiger partial charge in [-0.15, -0.1) is 0 Å². The minimum atomic E-state index is 0.240. The van der Waals surface area contributed by atoms with Crippen molar-refractivity contribution in [2.24, 2.45) is 4.40 Å². The van der Waals surface area contributed by atoms with E-state index < -0.39 is 0 Å². The van der Waals surface area contributed by atoms with Crippen LogP contribution in [0.4, 0.5) is 11.4 Å². The first-order valence-corrected chi connectivity index (χ1v) is 25.5. The lowest BCUT2D eigenvalue weighted by Crippen LogP contribution is -2.30. The number of nitriles is 1. The van der Waals surface area contributed by atoms with E-state index in [1.165, 1.54) is 0 Å². The summed E-state index contributed by atoms with van der Waals surface area (Å²) in [6.07, 6.45) is 4.12. The van der Waals surface area contributed by atoms with Crippen LogP contribution in [-0.4, -0.2) is 16.0 Å². The molecule has 1 aliphatic rings. The number of hydrogen-bond acceptors (Lipinski definition) is 6. The van der Waals surface area contributed by atoms with Crippen LogP contribution in [0.25, 0.3) is 88.4 Å². The van der Waals surface area contributed by atoms with Crippen LogP contribution in [-0.2, 0) is 0 Å². The first-order valence-electron chi connectivity index (χ1n) is 25.1. The fraction of sp³-hybridized carbons (Fsp3) is 0. The van der Waals surface area contributed by atoms with Crippen LogP contribution < -0.4 is 4.90 Å². The summed E-state index contributed by atoms with van der Waals surface area (Å²) in [5.74, 6) is 0. The lowest BCUT2D eigenvalue weighted by Gasteiger charge is -2.31. The number of nitrogens with one attached hydrogen (secondary N) is 1. The van der Waals surface area contributed by atoms with Crippen LogP contribution in [0.5, 0.6) is 0 Å². The quantitative estimate of drug-likeness (QED) is 0.0620. The molecule has 0 fully saturated rings. The van der Waals surface area contributed by atoms with Crippen LogP contribution >= 0.6 is 12.8 Å². The van der Waals surface area contributed by atoms with E-state index in [1.807, 2.05) is 91.0 Å². The van der Waals surface area contributed by atoms with Gasteiger partial charge in [-0.25, -0.2) is 4.40 Å². The van der Waals surface area contributed by atoms with Gasteiger partial charge in [-0.1, -0.05) is 188 Å². The third-order valence-corrected chi connectivity index (χ3v) is 14.7. The normalized spacial score (nSPS) is 13.0. The van der Waals surface area contributed by atoms with E-state index in [1.54, 1.807) is 0 Å². The molecule has 12 aromatic rings. The largest absolute Gasteiger partial charge is 0.456 e. The maximum Gasteiger partial charge on any atom is 0.135 e. The maximum atomic E-state index is 10.7. The number of aromatic nitrogens is 1. The average Bonchev–Trinajstić information content (AvgIpc) is 4.04. The van der Waals surface area contributed by atoms with E-state index in [4.69, 9.17) is 4.42 Å². The first kappa shape index (κ1) is 45.8. The Labute approximate surface area is 445 Å². The zero-order valence-corrected chi connectivity index (χ0v) is 41.9. The third kappa shape index (κ3) is 8.02. The summed E-state index contributed by atoms with van der Waals surface area (Å²) in [6, 6.07) is 87.6. The van der Waals surface area contributed by atoms with Gasteiger partial charge in [0.1, 0.15) is 28.7 Å².